The van der Waals surface area contributed by atoms with Gasteiger partial charge in [-0.25, -0.2) is 19.7 Å². The van der Waals surface area contributed by atoms with Crippen molar-refractivity contribution < 1.29 is 18.0 Å². The monoisotopic (exact) mass is 490 g/mol. The van der Waals surface area contributed by atoms with E-state index < -0.39 is 18.8 Å². The lowest BCUT2D eigenvalue weighted by Gasteiger charge is -2.11. The molecule has 0 unspecified atom stereocenters. The smallest absolute Gasteiger partial charge is 0.329 e. The summed E-state index contributed by atoms with van der Waals surface area (Å²) in [7, 11) is 0. The minimum absolute atomic E-state index is 0. The van der Waals surface area contributed by atoms with Crippen LogP contribution in [0.5, 0.6) is 0 Å². The molecule has 178 valence electrons. The van der Waals surface area contributed by atoms with E-state index in [2.05, 4.69) is 20.3 Å². The SMILES string of the molecule is CC(C)c1nccc(-c2ccn3c(-c4cccc(NC(=O)NCC(F)(F)F)c4)cnc3c2)n1.Cl. The summed E-state index contributed by atoms with van der Waals surface area (Å²) in [5.41, 5.74) is 4.28. The van der Waals surface area contributed by atoms with Crippen molar-refractivity contribution in [1.82, 2.24) is 24.7 Å². The van der Waals surface area contributed by atoms with E-state index in [1.807, 2.05) is 48.7 Å². The molecule has 0 saturated carbocycles. The van der Waals surface area contributed by atoms with Gasteiger partial charge in [0.2, 0.25) is 0 Å². The fourth-order valence-corrected chi connectivity index (χ4v) is 3.28. The number of imidazole rings is 1. The molecule has 0 atom stereocenters. The number of carbonyl (C=O) groups is 1. The number of aromatic nitrogens is 4. The van der Waals surface area contributed by atoms with Gasteiger partial charge >= 0.3 is 12.2 Å². The fourth-order valence-electron chi connectivity index (χ4n) is 3.28. The Morgan fingerprint density at radius 1 is 1.09 bits per heavy atom. The second kappa shape index (κ2) is 10.1. The topological polar surface area (TPSA) is 84.2 Å². The number of hydrogen-bond donors (Lipinski definition) is 2. The Kier molecular flexibility index (Phi) is 7.41. The highest BCUT2D eigenvalue weighted by atomic mass is 35.5. The number of nitrogens with one attached hydrogen (secondary N) is 2. The average Bonchev–Trinajstić information content (AvgIpc) is 3.21. The number of carbonyl (C=O) groups excluding carboxylic acids is 1. The lowest BCUT2D eigenvalue weighted by Crippen LogP contribution is -2.36. The van der Waals surface area contributed by atoms with E-state index in [-0.39, 0.29) is 18.3 Å². The third kappa shape index (κ3) is 5.82. The van der Waals surface area contributed by atoms with Gasteiger partial charge in [-0.05, 0) is 30.3 Å². The fraction of sp³-hybridized carbons (Fsp3) is 0.217. The Hall–Kier alpha value is -3.66. The maximum absolute atomic E-state index is 12.3. The maximum atomic E-state index is 12.3. The zero-order chi connectivity index (χ0) is 23.6. The molecule has 0 spiro atoms. The van der Waals surface area contributed by atoms with Crippen molar-refractivity contribution in [3.63, 3.8) is 0 Å². The summed E-state index contributed by atoms with van der Waals surface area (Å²) in [4.78, 5) is 25.2. The molecule has 4 aromatic rings. The van der Waals surface area contributed by atoms with E-state index >= 15 is 0 Å². The van der Waals surface area contributed by atoms with Crippen molar-refractivity contribution in [3.8, 4) is 22.5 Å². The minimum Gasteiger partial charge on any atom is -0.329 e. The summed E-state index contributed by atoms with van der Waals surface area (Å²) in [6, 6.07) is 11.6. The number of benzene rings is 1. The van der Waals surface area contributed by atoms with Crippen LogP contribution in [0.15, 0.2) is 61.1 Å². The number of urea groups is 1. The third-order valence-electron chi connectivity index (χ3n) is 4.87. The molecular formula is C23H22ClF3N6O. The predicted molar refractivity (Wildman–Crippen MR) is 126 cm³/mol. The van der Waals surface area contributed by atoms with Crippen LogP contribution in [0.25, 0.3) is 28.2 Å². The number of hydrogen-bond acceptors (Lipinski definition) is 4. The molecule has 0 radical (unpaired) electrons. The Bertz CT molecular complexity index is 1310. The Labute approximate surface area is 199 Å². The highest BCUT2D eigenvalue weighted by Gasteiger charge is 2.27. The van der Waals surface area contributed by atoms with Crippen LogP contribution < -0.4 is 10.6 Å². The van der Waals surface area contributed by atoms with E-state index in [1.54, 1.807) is 35.9 Å². The van der Waals surface area contributed by atoms with Crippen LogP contribution in [-0.4, -0.2) is 38.1 Å². The van der Waals surface area contributed by atoms with E-state index in [4.69, 9.17) is 0 Å². The second-order valence-electron chi connectivity index (χ2n) is 7.75. The van der Waals surface area contributed by atoms with E-state index in [0.717, 1.165) is 28.3 Å². The predicted octanol–water partition coefficient (Wildman–Crippen LogP) is 5.69. The van der Waals surface area contributed by atoms with Crippen LogP contribution in [0.1, 0.15) is 25.6 Å². The molecule has 0 aliphatic carbocycles. The van der Waals surface area contributed by atoms with E-state index in [0.29, 0.717) is 11.3 Å². The number of rotatable bonds is 5. The van der Waals surface area contributed by atoms with Gasteiger partial charge in [-0.2, -0.15) is 13.2 Å². The number of fused-ring (bicyclic) bond motifs is 1. The van der Waals surface area contributed by atoms with Crippen LogP contribution in [0.2, 0.25) is 0 Å². The molecule has 2 amide bonds. The molecule has 0 aliphatic rings. The summed E-state index contributed by atoms with van der Waals surface area (Å²) in [5, 5.41) is 4.20. The lowest BCUT2D eigenvalue weighted by atomic mass is 10.1. The molecule has 0 bridgehead atoms. The second-order valence-corrected chi connectivity index (χ2v) is 7.75. The summed E-state index contributed by atoms with van der Waals surface area (Å²) in [6.45, 7) is 2.66. The quantitative estimate of drug-likeness (QED) is 0.376. The number of anilines is 1. The first-order valence-electron chi connectivity index (χ1n) is 10.2. The molecule has 11 heteroatoms. The highest BCUT2D eigenvalue weighted by molar-refractivity contribution is 5.90. The van der Waals surface area contributed by atoms with Gasteiger partial charge in [0.05, 0.1) is 17.6 Å². The van der Waals surface area contributed by atoms with Gasteiger partial charge in [0, 0.05) is 35.1 Å². The molecule has 34 heavy (non-hydrogen) atoms. The Morgan fingerprint density at radius 3 is 2.62 bits per heavy atom. The van der Waals surface area contributed by atoms with Crippen LogP contribution in [-0.2, 0) is 0 Å². The zero-order valence-electron chi connectivity index (χ0n) is 18.3. The molecule has 1 aromatic carbocycles. The van der Waals surface area contributed by atoms with Crippen LogP contribution in [0, 0.1) is 0 Å². The number of alkyl halides is 3. The van der Waals surface area contributed by atoms with Gasteiger partial charge in [0.25, 0.3) is 0 Å². The van der Waals surface area contributed by atoms with E-state index in [9.17, 15) is 18.0 Å². The molecule has 3 heterocycles. The normalized spacial score (nSPS) is 11.4. The number of amides is 2. The van der Waals surface area contributed by atoms with Crippen molar-refractivity contribution in [3.05, 3.63) is 66.9 Å². The molecule has 0 aliphatic heterocycles. The number of halogens is 4. The Balaban J connectivity index is 0.00000324. The lowest BCUT2D eigenvalue weighted by molar-refractivity contribution is -0.122. The van der Waals surface area contributed by atoms with Crippen molar-refractivity contribution >= 4 is 29.8 Å². The first-order chi connectivity index (χ1) is 15.7. The van der Waals surface area contributed by atoms with Gasteiger partial charge < -0.3 is 10.6 Å². The van der Waals surface area contributed by atoms with Gasteiger partial charge in [0.15, 0.2) is 0 Å². The molecule has 0 fully saturated rings. The zero-order valence-corrected chi connectivity index (χ0v) is 19.1. The highest BCUT2D eigenvalue weighted by Crippen LogP contribution is 2.26. The summed E-state index contributed by atoms with van der Waals surface area (Å²) < 4.78 is 38.7. The van der Waals surface area contributed by atoms with Crippen LogP contribution in [0.4, 0.5) is 23.7 Å². The summed E-state index contributed by atoms with van der Waals surface area (Å²) in [5.74, 6) is 0.975. The largest absolute Gasteiger partial charge is 0.405 e. The Morgan fingerprint density at radius 2 is 1.88 bits per heavy atom. The number of pyridine rings is 1. The average molecular weight is 491 g/mol. The minimum atomic E-state index is -4.48. The van der Waals surface area contributed by atoms with Crippen molar-refractivity contribution in [2.45, 2.75) is 25.9 Å². The van der Waals surface area contributed by atoms with Crippen molar-refractivity contribution in [2.24, 2.45) is 0 Å². The summed E-state index contributed by atoms with van der Waals surface area (Å²) in [6.07, 6.45) is 0.834. The van der Waals surface area contributed by atoms with E-state index in [1.165, 1.54) is 0 Å². The van der Waals surface area contributed by atoms with Crippen LogP contribution >= 0.6 is 12.4 Å². The molecule has 4 rings (SSSR count). The third-order valence-corrected chi connectivity index (χ3v) is 4.87. The first-order valence-corrected chi connectivity index (χ1v) is 10.2. The summed E-state index contributed by atoms with van der Waals surface area (Å²) >= 11 is 0. The first kappa shape index (κ1) is 25.0. The molecule has 0 saturated heterocycles. The van der Waals surface area contributed by atoms with Gasteiger partial charge in [-0.15, -0.1) is 12.4 Å². The van der Waals surface area contributed by atoms with Crippen molar-refractivity contribution in [1.29, 1.82) is 0 Å². The van der Waals surface area contributed by atoms with Gasteiger partial charge in [0.1, 0.15) is 18.0 Å². The molecule has 2 N–H and O–H groups in total. The van der Waals surface area contributed by atoms with Gasteiger partial charge in [-0.1, -0.05) is 26.0 Å². The standard InChI is InChI=1S/C23H21F3N6O.ClH/c1-14(2)21-27-8-6-18(31-21)15-7-9-32-19(12-28-20(32)11-15)16-4-3-5-17(10-16)30-22(33)29-13-23(24,25)26;/h3-12,14H,13H2,1-2H3,(H2,29,30,33);1H. The van der Waals surface area contributed by atoms with Crippen molar-refractivity contribution in [2.75, 3.05) is 11.9 Å². The van der Waals surface area contributed by atoms with Gasteiger partial charge in [-0.3, -0.25) is 4.40 Å². The molecular weight excluding hydrogens is 469 g/mol. The molecule has 3 aromatic heterocycles. The number of nitrogens with zero attached hydrogens (tertiary/aromatic N) is 4. The van der Waals surface area contributed by atoms with Crippen LogP contribution in [0.3, 0.4) is 0 Å². The molecule has 7 nitrogen and oxygen atoms in total. The maximum Gasteiger partial charge on any atom is 0.405 e.